The molecule has 0 aromatic rings. The van der Waals surface area contributed by atoms with Crippen LogP contribution in [-0.4, -0.2) is 43.7 Å². The minimum atomic E-state index is 0.342. The molecule has 2 aliphatic rings. The summed E-state index contributed by atoms with van der Waals surface area (Å²) in [5.41, 5.74) is 5.89. The van der Waals surface area contributed by atoms with E-state index < -0.39 is 0 Å². The largest absolute Gasteiger partial charge is 0.384 e. The van der Waals surface area contributed by atoms with Crippen molar-refractivity contribution in [1.82, 2.24) is 4.90 Å². The quantitative estimate of drug-likeness (QED) is 0.825. The normalized spacial score (nSPS) is 32.8. The van der Waals surface area contributed by atoms with Gasteiger partial charge in [0.2, 0.25) is 5.91 Å². The predicted molar refractivity (Wildman–Crippen MR) is 71.1 cm³/mol. The van der Waals surface area contributed by atoms with Crippen LogP contribution in [0.15, 0.2) is 0 Å². The SMILES string of the molecule is COCC1CCN(C(=O)CC2CCC(N)CC2)C1. The molecule has 1 atom stereocenters. The number of ether oxygens (including phenoxy) is 1. The summed E-state index contributed by atoms with van der Waals surface area (Å²) in [6.07, 6.45) is 6.25. The summed E-state index contributed by atoms with van der Waals surface area (Å²) in [6.45, 7) is 2.58. The average molecular weight is 254 g/mol. The van der Waals surface area contributed by atoms with Gasteiger partial charge in [-0.15, -0.1) is 0 Å². The third kappa shape index (κ3) is 3.69. The minimum Gasteiger partial charge on any atom is -0.384 e. The van der Waals surface area contributed by atoms with Gasteiger partial charge in [-0.25, -0.2) is 0 Å². The van der Waals surface area contributed by atoms with Gasteiger partial charge in [-0.2, -0.15) is 0 Å². The minimum absolute atomic E-state index is 0.342. The maximum Gasteiger partial charge on any atom is 0.222 e. The fraction of sp³-hybridized carbons (Fsp3) is 0.929. The Labute approximate surface area is 110 Å². The molecule has 0 aromatic carbocycles. The Bertz CT molecular complexity index is 275. The first-order valence-electron chi connectivity index (χ1n) is 7.21. The molecule has 4 heteroatoms. The highest BCUT2D eigenvalue weighted by Gasteiger charge is 2.28. The third-order valence-corrected chi connectivity index (χ3v) is 4.40. The molecule has 2 rings (SSSR count). The molecule has 1 aliphatic carbocycles. The highest BCUT2D eigenvalue weighted by atomic mass is 16.5. The van der Waals surface area contributed by atoms with Crippen LogP contribution in [0.4, 0.5) is 0 Å². The molecule has 1 saturated heterocycles. The van der Waals surface area contributed by atoms with Crippen LogP contribution in [0.1, 0.15) is 38.5 Å². The molecular formula is C14H26N2O2. The lowest BCUT2D eigenvalue weighted by Crippen LogP contribution is -2.33. The molecule has 2 fully saturated rings. The number of hydrogen-bond donors (Lipinski definition) is 1. The van der Waals surface area contributed by atoms with Gasteiger partial charge >= 0.3 is 0 Å². The fourth-order valence-electron chi connectivity index (χ4n) is 3.20. The highest BCUT2D eigenvalue weighted by molar-refractivity contribution is 5.76. The molecule has 0 spiro atoms. The molecule has 0 bridgehead atoms. The summed E-state index contributed by atoms with van der Waals surface area (Å²) in [7, 11) is 1.73. The zero-order valence-electron chi connectivity index (χ0n) is 11.4. The smallest absolute Gasteiger partial charge is 0.222 e. The van der Waals surface area contributed by atoms with Crippen molar-refractivity contribution < 1.29 is 9.53 Å². The second kappa shape index (κ2) is 6.53. The summed E-state index contributed by atoms with van der Waals surface area (Å²) in [5.74, 6) is 1.45. The number of hydrogen-bond acceptors (Lipinski definition) is 3. The van der Waals surface area contributed by atoms with Crippen LogP contribution in [0.5, 0.6) is 0 Å². The number of methoxy groups -OCH3 is 1. The molecule has 18 heavy (non-hydrogen) atoms. The van der Waals surface area contributed by atoms with Crippen LogP contribution >= 0.6 is 0 Å². The number of rotatable bonds is 4. The van der Waals surface area contributed by atoms with E-state index in [1.165, 1.54) is 0 Å². The van der Waals surface area contributed by atoms with Crippen LogP contribution in [0.25, 0.3) is 0 Å². The summed E-state index contributed by atoms with van der Waals surface area (Å²) in [5, 5.41) is 0. The number of carbonyl (C=O) groups is 1. The van der Waals surface area contributed by atoms with Crippen LogP contribution in [0.2, 0.25) is 0 Å². The van der Waals surface area contributed by atoms with Gasteiger partial charge < -0.3 is 15.4 Å². The van der Waals surface area contributed by atoms with Crippen molar-refractivity contribution in [3.63, 3.8) is 0 Å². The average Bonchev–Trinajstić information content (AvgIpc) is 2.81. The standard InChI is InChI=1S/C14H26N2O2/c1-18-10-12-6-7-16(9-12)14(17)8-11-2-4-13(15)5-3-11/h11-13H,2-10,15H2,1H3. The number of likely N-dealkylation sites (tertiary alicyclic amines) is 1. The molecule has 1 unspecified atom stereocenters. The number of nitrogens with zero attached hydrogens (tertiary/aromatic N) is 1. The molecular weight excluding hydrogens is 228 g/mol. The molecule has 4 nitrogen and oxygen atoms in total. The number of amides is 1. The molecule has 104 valence electrons. The number of nitrogens with two attached hydrogens (primary N) is 1. The molecule has 1 amide bonds. The Morgan fingerprint density at radius 1 is 1.22 bits per heavy atom. The van der Waals surface area contributed by atoms with E-state index >= 15 is 0 Å². The van der Waals surface area contributed by atoms with E-state index in [1.807, 2.05) is 4.90 Å². The van der Waals surface area contributed by atoms with Gasteiger partial charge in [-0.1, -0.05) is 0 Å². The molecule has 1 saturated carbocycles. The topological polar surface area (TPSA) is 55.6 Å². The van der Waals surface area contributed by atoms with E-state index in [0.29, 0.717) is 23.8 Å². The van der Waals surface area contributed by atoms with Gasteiger partial charge in [-0.3, -0.25) is 4.79 Å². The summed E-state index contributed by atoms with van der Waals surface area (Å²) >= 11 is 0. The Kier molecular flexibility index (Phi) is 5.01. The van der Waals surface area contributed by atoms with Crippen LogP contribution in [0, 0.1) is 11.8 Å². The Hall–Kier alpha value is -0.610. The molecule has 0 radical (unpaired) electrons. The first-order valence-corrected chi connectivity index (χ1v) is 7.21. The Morgan fingerprint density at radius 3 is 2.61 bits per heavy atom. The van der Waals surface area contributed by atoms with Gasteiger partial charge in [0, 0.05) is 38.6 Å². The van der Waals surface area contributed by atoms with Gasteiger partial charge in [0.25, 0.3) is 0 Å². The van der Waals surface area contributed by atoms with E-state index in [-0.39, 0.29) is 0 Å². The third-order valence-electron chi connectivity index (χ3n) is 4.40. The van der Waals surface area contributed by atoms with Crippen molar-refractivity contribution in [3.8, 4) is 0 Å². The van der Waals surface area contributed by atoms with E-state index in [4.69, 9.17) is 10.5 Å². The Morgan fingerprint density at radius 2 is 1.94 bits per heavy atom. The molecule has 2 N–H and O–H groups in total. The zero-order chi connectivity index (χ0) is 13.0. The molecule has 1 aliphatic heterocycles. The number of carbonyl (C=O) groups excluding carboxylic acids is 1. The van der Waals surface area contributed by atoms with Crippen molar-refractivity contribution in [2.75, 3.05) is 26.8 Å². The van der Waals surface area contributed by atoms with E-state index in [2.05, 4.69) is 0 Å². The molecule has 0 aromatic heterocycles. The maximum absolute atomic E-state index is 12.2. The zero-order valence-corrected chi connectivity index (χ0v) is 11.4. The lowest BCUT2D eigenvalue weighted by Gasteiger charge is -2.27. The summed E-state index contributed by atoms with van der Waals surface area (Å²) < 4.78 is 5.16. The Balaban J connectivity index is 1.72. The van der Waals surface area contributed by atoms with Gasteiger partial charge in [-0.05, 0) is 38.0 Å². The van der Waals surface area contributed by atoms with Crippen molar-refractivity contribution in [1.29, 1.82) is 0 Å². The van der Waals surface area contributed by atoms with Gasteiger partial charge in [0.1, 0.15) is 0 Å². The second-order valence-corrected chi connectivity index (χ2v) is 5.93. The summed E-state index contributed by atoms with van der Waals surface area (Å²) in [6, 6.07) is 0.370. The van der Waals surface area contributed by atoms with Gasteiger partial charge in [0.15, 0.2) is 0 Å². The second-order valence-electron chi connectivity index (χ2n) is 5.93. The van der Waals surface area contributed by atoms with Crippen molar-refractivity contribution in [3.05, 3.63) is 0 Å². The van der Waals surface area contributed by atoms with Crippen molar-refractivity contribution in [2.24, 2.45) is 17.6 Å². The monoisotopic (exact) mass is 254 g/mol. The maximum atomic E-state index is 12.2. The fourth-order valence-corrected chi connectivity index (χ4v) is 3.20. The van der Waals surface area contributed by atoms with Crippen molar-refractivity contribution >= 4 is 5.91 Å². The van der Waals surface area contributed by atoms with E-state index in [1.54, 1.807) is 7.11 Å². The first-order chi connectivity index (χ1) is 8.69. The van der Waals surface area contributed by atoms with Crippen LogP contribution < -0.4 is 5.73 Å². The highest BCUT2D eigenvalue weighted by Crippen LogP contribution is 2.27. The van der Waals surface area contributed by atoms with Crippen LogP contribution in [-0.2, 0) is 9.53 Å². The first kappa shape index (κ1) is 13.8. The van der Waals surface area contributed by atoms with Crippen molar-refractivity contribution in [2.45, 2.75) is 44.6 Å². The van der Waals surface area contributed by atoms with Gasteiger partial charge in [0.05, 0.1) is 6.61 Å². The van der Waals surface area contributed by atoms with E-state index in [0.717, 1.165) is 58.2 Å². The lowest BCUT2D eigenvalue weighted by molar-refractivity contribution is -0.131. The summed E-state index contributed by atoms with van der Waals surface area (Å²) in [4.78, 5) is 14.2. The van der Waals surface area contributed by atoms with E-state index in [9.17, 15) is 4.79 Å². The van der Waals surface area contributed by atoms with Crippen LogP contribution in [0.3, 0.4) is 0 Å². The molecule has 1 heterocycles. The predicted octanol–water partition coefficient (Wildman–Crippen LogP) is 1.39. The lowest BCUT2D eigenvalue weighted by atomic mass is 9.84.